The predicted octanol–water partition coefficient (Wildman–Crippen LogP) is 1.96. The number of ether oxygens (including phenoxy) is 2. The van der Waals surface area contributed by atoms with E-state index in [1.807, 2.05) is 0 Å². The molecule has 7 nitrogen and oxygen atoms in total. The van der Waals surface area contributed by atoms with Gasteiger partial charge in [-0.2, -0.15) is 0 Å². The third kappa shape index (κ3) is 6.74. The van der Waals surface area contributed by atoms with E-state index in [0.717, 1.165) is 0 Å². The van der Waals surface area contributed by atoms with Gasteiger partial charge < -0.3 is 19.9 Å². The van der Waals surface area contributed by atoms with Crippen LogP contribution in [0.1, 0.15) is 27.2 Å². The Balaban J connectivity index is 2.59. The summed E-state index contributed by atoms with van der Waals surface area (Å²) >= 11 is 0. The lowest BCUT2D eigenvalue weighted by molar-refractivity contribution is -0.144. The second-order valence-corrected chi connectivity index (χ2v) is 5.53. The summed E-state index contributed by atoms with van der Waals surface area (Å²) in [6, 6.07) is 6.81. The Morgan fingerprint density at radius 3 is 2.27 bits per heavy atom. The molecule has 1 aromatic carbocycles. The second-order valence-electron chi connectivity index (χ2n) is 5.53. The summed E-state index contributed by atoms with van der Waals surface area (Å²) in [5.74, 6) is -1.82. The van der Waals surface area contributed by atoms with E-state index in [0.29, 0.717) is 5.75 Å². The molecule has 22 heavy (non-hydrogen) atoms. The second kappa shape index (κ2) is 7.44. The van der Waals surface area contributed by atoms with Crippen molar-refractivity contribution in [2.75, 3.05) is 0 Å². The Hall–Kier alpha value is -2.57. The maximum atomic E-state index is 11.7. The van der Waals surface area contributed by atoms with Gasteiger partial charge in [0, 0.05) is 0 Å². The van der Waals surface area contributed by atoms with Gasteiger partial charge in [-0.25, -0.2) is 9.59 Å². The van der Waals surface area contributed by atoms with Crippen LogP contribution in [0.4, 0.5) is 4.79 Å². The van der Waals surface area contributed by atoms with E-state index in [4.69, 9.17) is 14.6 Å². The third-order valence-electron chi connectivity index (χ3n) is 2.33. The highest BCUT2D eigenvalue weighted by molar-refractivity contribution is 5.85. The van der Waals surface area contributed by atoms with Gasteiger partial charge >= 0.3 is 18.0 Å². The van der Waals surface area contributed by atoms with E-state index in [1.54, 1.807) is 51.1 Å². The molecule has 0 aliphatic carbocycles. The zero-order chi connectivity index (χ0) is 16.8. The van der Waals surface area contributed by atoms with Gasteiger partial charge in [0.1, 0.15) is 17.4 Å². The predicted molar refractivity (Wildman–Crippen MR) is 77.5 cm³/mol. The maximum Gasteiger partial charge on any atom is 0.408 e. The number of carboxylic acids is 1. The van der Waals surface area contributed by atoms with Gasteiger partial charge in [0.05, 0.1) is 6.42 Å². The van der Waals surface area contributed by atoms with Gasteiger partial charge in [-0.15, -0.1) is 0 Å². The first kappa shape index (κ1) is 17.5. The molecule has 120 valence electrons. The summed E-state index contributed by atoms with van der Waals surface area (Å²) < 4.78 is 9.94. The molecular formula is C15H19NO6. The summed E-state index contributed by atoms with van der Waals surface area (Å²) in [6.07, 6.45) is -1.42. The lowest BCUT2D eigenvalue weighted by atomic mass is 10.2. The van der Waals surface area contributed by atoms with Crippen molar-refractivity contribution in [3.63, 3.8) is 0 Å². The number of amides is 1. The normalized spacial score (nSPS) is 12.1. The van der Waals surface area contributed by atoms with Crippen molar-refractivity contribution >= 4 is 18.0 Å². The van der Waals surface area contributed by atoms with Crippen LogP contribution in [0.2, 0.25) is 0 Å². The van der Waals surface area contributed by atoms with Gasteiger partial charge in [0.2, 0.25) is 0 Å². The first-order valence-corrected chi connectivity index (χ1v) is 6.65. The van der Waals surface area contributed by atoms with Gasteiger partial charge in [0.25, 0.3) is 0 Å². The topological polar surface area (TPSA) is 102 Å². The van der Waals surface area contributed by atoms with Crippen molar-refractivity contribution in [1.29, 1.82) is 0 Å². The van der Waals surface area contributed by atoms with E-state index in [2.05, 4.69) is 5.32 Å². The third-order valence-corrected chi connectivity index (χ3v) is 2.33. The lowest BCUT2D eigenvalue weighted by Crippen LogP contribution is -2.45. The molecule has 2 N–H and O–H groups in total. The highest BCUT2D eigenvalue weighted by Gasteiger charge is 2.27. The molecule has 1 rings (SSSR count). The zero-order valence-corrected chi connectivity index (χ0v) is 12.7. The van der Waals surface area contributed by atoms with Crippen LogP contribution in [0.5, 0.6) is 5.75 Å². The minimum absolute atomic E-state index is 0.300. The molecule has 0 aromatic heterocycles. The minimum atomic E-state index is -1.42. The van der Waals surface area contributed by atoms with E-state index < -0.39 is 36.1 Å². The highest BCUT2D eigenvalue weighted by atomic mass is 16.6. The Morgan fingerprint density at radius 2 is 1.77 bits per heavy atom. The average Bonchev–Trinajstić information content (AvgIpc) is 2.36. The van der Waals surface area contributed by atoms with Gasteiger partial charge in [0.15, 0.2) is 0 Å². The number of hydrogen-bond donors (Lipinski definition) is 2. The molecule has 1 amide bonds. The standard InChI is InChI=1S/C15H19NO6/c1-15(2,3)22-14(20)16-11(13(18)19)9-12(17)21-10-7-5-4-6-8-10/h4-8,11H,9H2,1-3H3,(H,16,20)(H,18,19)/t11-/m0/s1. The first-order chi connectivity index (χ1) is 10.2. The molecule has 0 saturated heterocycles. The molecule has 0 heterocycles. The molecule has 0 fully saturated rings. The number of carboxylic acid groups (broad SMARTS) is 1. The van der Waals surface area contributed by atoms with E-state index in [-0.39, 0.29) is 0 Å². The molecule has 0 aliphatic heterocycles. The van der Waals surface area contributed by atoms with Crippen molar-refractivity contribution in [3.05, 3.63) is 30.3 Å². The van der Waals surface area contributed by atoms with Crippen LogP contribution in [0, 0.1) is 0 Å². The molecule has 1 aromatic rings. The molecule has 0 aliphatic rings. The first-order valence-electron chi connectivity index (χ1n) is 6.65. The largest absolute Gasteiger partial charge is 0.480 e. The van der Waals surface area contributed by atoms with Crippen LogP contribution < -0.4 is 10.1 Å². The van der Waals surface area contributed by atoms with Crippen molar-refractivity contribution in [2.45, 2.75) is 38.8 Å². The van der Waals surface area contributed by atoms with Gasteiger partial charge in [-0.05, 0) is 32.9 Å². The van der Waals surface area contributed by atoms with Crippen molar-refractivity contribution in [3.8, 4) is 5.75 Å². The summed E-state index contributed by atoms with van der Waals surface area (Å²) in [5, 5.41) is 11.2. The van der Waals surface area contributed by atoms with Crippen molar-refractivity contribution in [1.82, 2.24) is 5.32 Å². The molecule has 0 radical (unpaired) electrons. The van der Waals surface area contributed by atoms with Crippen LogP contribution in [-0.2, 0) is 14.3 Å². The molecule has 0 unspecified atom stereocenters. The van der Waals surface area contributed by atoms with E-state index >= 15 is 0 Å². The van der Waals surface area contributed by atoms with Crippen LogP contribution in [0.25, 0.3) is 0 Å². The molecule has 1 atom stereocenters. The number of hydrogen-bond acceptors (Lipinski definition) is 5. The number of para-hydroxylation sites is 1. The van der Waals surface area contributed by atoms with Crippen LogP contribution in [0.3, 0.4) is 0 Å². The number of nitrogens with one attached hydrogen (secondary N) is 1. The lowest BCUT2D eigenvalue weighted by Gasteiger charge is -2.21. The molecule has 0 bridgehead atoms. The van der Waals surface area contributed by atoms with E-state index in [9.17, 15) is 14.4 Å². The van der Waals surface area contributed by atoms with Crippen LogP contribution >= 0.6 is 0 Å². The zero-order valence-electron chi connectivity index (χ0n) is 12.7. The molecule has 7 heteroatoms. The minimum Gasteiger partial charge on any atom is -0.480 e. The SMILES string of the molecule is CC(C)(C)OC(=O)N[C@@H](CC(=O)Oc1ccccc1)C(=O)O. The maximum absolute atomic E-state index is 11.7. The summed E-state index contributed by atoms with van der Waals surface area (Å²) in [7, 11) is 0. The van der Waals surface area contributed by atoms with Crippen molar-refractivity contribution < 1.29 is 29.0 Å². The Kier molecular flexibility index (Phi) is 5.91. The Morgan fingerprint density at radius 1 is 1.18 bits per heavy atom. The number of rotatable bonds is 5. The Labute approximate surface area is 128 Å². The highest BCUT2D eigenvalue weighted by Crippen LogP contribution is 2.11. The number of alkyl carbamates (subject to hydrolysis) is 1. The number of benzene rings is 1. The number of carbonyl (C=O) groups is 3. The molecular weight excluding hydrogens is 290 g/mol. The van der Waals surface area contributed by atoms with E-state index in [1.165, 1.54) is 0 Å². The van der Waals surface area contributed by atoms with Crippen LogP contribution in [0.15, 0.2) is 30.3 Å². The fourth-order valence-corrected chi connectivity index (χ4v) is 1.48. The quantitative estimate of drug-likeness (QED) is 0.637. The van der Waals surface area contributed by atoms with Crippen LogP contribution in [-0.4, -0.2) is 34.8 Å². The Bertz CT molecular complexity index is 535. The molecule has 0 saturated carbocycles. The van der Waals surface area contributed by atoms with Gasteiger partial charge in [-0.1, -0.05) is 18.2 Å². The monoisotopic (exact) mass is 309 g/mol. The van der Waals surface area contributed by atoms with Gasteiger partial charge in [-0.3, -0.25) is 4.79 Å². The summed E-state index contributed by atoms with van der Waals surface area (Å²) in [6.45, 7) is 4.93. The molecule has 0 spiro atoms. The average molecular weight is 309 g/mol. The fraction of sp³-hybridized carbons (Fsp3) is 0.400. The van der Waals surface area contributed by atoms with Crippen molar-refractivity contribution in [2.24, 2.45) is 0 Å². The summed E-state index contributed by atoms with van der Waals surface area (Å²) in [4.78, 5) is 34.4. The smallest absolute Gasteiger partial charge is 0.408 e. The number of esters is 1. The number of aliphatic carboxylic acids is 1. The fourth-order valence-electron chi connectivity index (χ4n) is 1.48. The number of carbonyl (C=O) groups excluding carboxylic acids is 2. The summed E-state index contributed by atoms with van der Waals surface area (Å²) in [5.41, 5.74) is -0.766.